The van der Waals surface area contributed by atoms with Crippen LogP contribution in [0.15, 0.2) is 30.3 Å². The van der Waals surface area contributed by atoms with Crippen molar-refractivity contribution in [1.29, 1.82) is 0 Å². The number of anilines is 1. The quantitative estimate of drug-likeness (QED) is 0.357. The van der Waals surface area contributed by atoms with E-state index in [1.807, 2.05) is 13.8 Å². The van der Waals surface area contributed by atoms with E-state index < -0.39 is 40.4 Å². The van der Waals surface area contributed by atoms with Gasteiger partial charge in [-0.2, -0.15) is 0 Å². The van der Waals surface area contributed by atoms with Crippen LogP contribution in [-0.4, -0.2) is 60.1 Å². The first-order valence-corrected chi connectivity index (χ1v) is 12.0. The topological polar surface area (TPSA) is 144 Å². The molecule has 0 saturated carbocycles. The number of rotatable bonds is 10. The first-order valence-electron chi connectivity index (χ1n) is 10.2. The molecule has 1 heterocycles. The van der Waals surface area contributed by atoms with Crippen molar-refractivity contribution in [3.05, 3.63) is 47.4 Å². The predicted octanol–water partition coefficient (Wildman–Crippen LogP) is -1.93. The van der Waals surface area contributed by atoms with Gasteiger partial charge in [-0.3, -0.25) is 0 Å². The number of aliphatic hydroxyl groups is 2. The molecule has 0 bridgehead atoms. The Hall–Kier alpha value is -1.89. The Labute approximate surface area is 220 Å². The van der Waals surface area contributed by atoms with Gasteiger partial charge in [-0.25, -0.2) is 27.1 Å². The largest absolute Gasteiger partial charge is 1.00 e. The number of aromatic nitrogens is 2. The average Bonchev–Trinajstić information content (AvgIpc) is 2.70. The molecule has 0 amide bonds. The van der Waals surface area contributed by atoms with E-state index in [9.17, 15) is 32.9 Å². The van der Waals surface area contributed by atoms with Gasteiger partial charge in [0.15, 0.2) is 0 Å². The van der Waals surface area contributed by atoms with E-state index in [0.29, 0.717) is 22.5 Å². The monoisotopic (exact) mass is 503 g/mol. The summed E-state index contributed by atoms with van der Waals surface area (Å²) in [6, 6.07) is 5.46. The molecule has 12 heteroatoms. The third kappa shape index (κ3) is 8.40. The molecule has 0 saturated heterocycles. The zero-order valence-electron chi connectivity index (χ0n) is 19.8. The average molecular weight is 504 g/mol. The second-order valence-electron chi connectivity index (χ2n) is 7.96. The fourth-order valence-corrected chi connectivity index (χ4v) is 3.41. The summed E-state index contributed by atoms with van der Waals surface area (Å²) in [4.78, 5) is 19.4. The molecular weight excluding hydrogens is 476 g/mol. The van der Waals surface area contributed by atoms with Crippen molar-refractivity contribution in [2.75, 3.05) is 17.6 Å². The molecule has 0 aliphatic carbocycles. The minimum atomic E-state index is -3.66. The number of carbonyl (C=O) groups excluding carboxylic acids is 1. The Kier molecular flexibility index (Phi) is 11.3. The van der Waals surface area contributed by atoms with Crippen LogP contribution in [0, 0.1) is 5.82 Å². The molecule has 1 aromatic heterocycles. The normalized spacial score (nSPS) is 13.5. The van der Waals surface area contributed by atoms with Gasteiger partial charge in [0.25, 0.3) is 0 Å². The van der Waals surface area contributed by atoms with Crippen LogP contribution in [0.25, 0.3) is 17.3 Å². The zero-order valence-corrected chi connectivity index (χ0v) is 22.6. The van der Waals surface area contributed by atoms with Gasteiger partial charge in [0.1, 0.15) is 5.82 Å². The van der Waals surface area contributed by atoms with E-state index in [2.05, 4.69) is 9.97 Å². The number of halogens is 1. The summed E-state index contributed by atoms with van der Waals surface area (Å²) in [6.45, 7) is 3.69. The van der Waals surface area contributed by atoms with Gasteiger partial charge in [-0.15, -0.1) is 0 Å². The van der Waals surface area contributed by atoms with Crippen molar-refractivity contribution in [2.45, 2.75) is 44.8 Å². The Balaban J connectivity index is 0.00000578. The number of hydrogen-bond acceptors (Lipinski definition) is 8. The van der Waals surface area contributed by atoms with Gasteiger partial charge in [0.2, 0.25) is 16.0 Å². The van der Waals surface area contributed by atoms with E-state index >= 15 is 0 Å². The van der Waals surface area contributed by atoms with Gasteiger partial charge in [-0.1, -0.05) is 26.0 Å². The number of carboxylic acid groups (broad SMARTS) is 1. The minimum absolute atomic E-state index is 0. The molecule has 0 aliphatic rings. The van der Waals surface area contributed by atoms with Crippen molar-refractivity contribution < 1.29 is 62.5 Å². The summed E-state index contributed by atoms with van der Waals surface area (Å²) in [6.07, 6.45) is 0.578. The molecule has 2 rings (SSSR count). The third-order valence-electron chi connectivity index (χ3n) is 4.81. The van der Waals surface area contributed by atoms with Crippen LogP contribution >= 0.6 is 0 Å². The molecule has 0 fully saturated rings. The standard InChI is InChI=1S/C22H28FN3O6S.Na/c1-13(2)20-18(10-9-16(27)11-17(28)12-19(29)30)21(14-5-7-15(23)8-6-14)25-22(24-20)26(3)33(4,31)32;/h5-10,13,16-17,27-28H,11-12H2,1-4H3,(H,29,30);/q;+1/p-1/b10-9+;/t16-,17-;/m1./s1. The second-order valence-corrected chi connectivity index (χ2v) is 9.97. The summed E-state index contributed by atoms with van der Waals surface area (Å²) in [5.41, 5.74) is 1.76. The van der Waals surface area contributed by atoms with E-state index in [-0.39, 0.29) is 47.8 Å². The number of nitrogens with zero attached hydrogens (tertiary/aromatic N) is 3. The smallest absolute Gasteiger partial charge is 0.550 e. The maximum atomic E-state index is 13.5. The first-order chi connectivity index (χ1) is 15.3. The Bertz CT molecular complexity index is 1130. The van der Waals surface area contributed by atoms with E-state index in [1.54, 1.807) is 0 Å². The molecule has 0 spiro atoms. The molecule has 1 aromatic carbocycles. The van der Waals surface area contributed by atoms with Crippen molar-refractivity contribution in [3.8, 4) is 11.3 Å². The molecule has 2 atom stereocenters. The van der Waals surface area contributed by atoms with Crippen LogP contribution in [-0.2, 0) is 14.8 Å². The number of benzene rings is 1. The number of sulfonamides is 1. The van der Waals surface area contributed by atoms with Crippen LogP contribution < -0.4 is 39.0 Å². The summed E-state index contributed by atoms with van der Waals surface area (Å²) >= 11 is 0. The van der Waals surface area contributed by atoms with E-state index in [1.165, 1.54) is 43.5 Å². The molecule has 34 heavy (non-hydrogen) atoms. The number of carbonyl (C=O) groups is 1. The molecule has 0 unspecified atom stereocenters. The van der Waals surface area contributed by atoms with Crippen LogP contribution in [0.1, 0.15) is 43.9 Å². The minimum Gasteiger partial charge on any atom is -0.550 e. The maximum Gasteiger partial charge on any atom is 1.00 e. The number of aliphatic carboxylic acids is 1. The van der Waals surface area contributed by atoms with Crippen LogP contribution in [0.3, 0.4) is 0 Å². The third-order valence-corrected chi connectivity index (χ3v) is 5.97. The molecule has 0 aliphatic heterocycles. The maximum absolute atomic E-state index is 13.5. The van der Waals surface area contributed by atoms with Crippen molar-refractivity contribution >= 4 is 28.0 Å². The Morgan fingerprint density at radius 2 is 1.79 bits per heavy atom. The van der Waals surface area contributed by atoms with Crippen LogP contribution in [0.4, 0.5) is 10.3 Å². The van der Waals surface area contributed by atoms with Gasteiger partial charge in [-0.05, 0) is 30.2 Å². The summed E-state index contributed by atoms with van der Waals surface area (Å²) in [5.74, 6) is -2.14. The van der Waals surface area contributed by atoms with E-state index in [0.717, 1.165) is 10.6 Å². The predicted molar refractivity (Wildman–Crippen MR) is 120 cm³/mol. The molecule has 0 radical (unpaired) electrons. The van der Waals surface area contributed by atoms with Gasteiger partial charge >= 0.3 is 29.6 Å². The SMILES string of the molecule is CC(C)c1nc(N(C)S(C)(=O)=O)nc(-c2ccc(F)cc2)c1/C=C/[C@@H](O)C[C@@H](O)CC(=O)[O-].[Na+]. The molecule has 2 N–H and O–H groups in total. The zero-order chi connectivity index (χ0) is 24.9. The summed E-state index contributed by atoms with van der Waals surface area (Å²) in [5, 5.41) is 30.6. The molecule has 180 valence electrons. The van der Waals surface area contributed by atoms with E-state index in [4.69, 9.17) is 0 Å². The second kappa shape index (κ2) is 12.7. The van der Waals surface area contributed by atoms with Crippen molar-refractivity contribution in [2.24, 2.45) is 0 Å². The first kappa shape index (κ1) is 30.1. The Morgan fingerprint density at radius 1 is 1.21 bits per heavy atom. The fourth-order valence-electron chi connectivity index (χ4n) is 3.04. The molecular formula is C22H27FN3NaO6S. The van der Waals surface area contributed by atoms with Crippen LogP contribution in [0.5, 0.6) is 0 Å². The number of aliphatic hydroxyl groups excluding tert-OH is 2. The fraction of sp³-hybridized carbons (Fsp3) is 0.409. The van der Waals surface area contributed by atoms with Crippen LogP contribution in [0.2, 0.25) is 0 Å². The van der Waals surface area contributed by atoms with Crippen molar-refractivity contribution in [1.82, 2.24) is 9.97 Å². The molecule has 9 nitrogen and oxygen atoms in total. The number of carboxylic acids is 1. The number of hydrogen-bond donors (Lipinski definition) is 2. The van der Waals surface area contributed by atoms with Gasteiger partial charge < -0.3 is 20.1 Å². The van der Waals surface area contributed by atoms with Gasteiger partial charge in [0, 0.05) is 37.0 Å². The van der Waals surface area contributed by atoms with Crippen molar-refractivity contribution in [3.63, 3.8) is 0 Å². The molecule has 2 aromatic rings. The van der Waals surface area contributed by atoms with Gasteiger partial charge in [0.05, 0.1) is 29.9 Å². The Morgan fingerprint density at radius 3 is 2.29 bits per heavy atom. The summed E-state index contributed by atoms with van der Waals surface area (Å²) < 4.78 is 38.6. The summed E-state index contributed by atoms with van der Waals surface area (Å²) in [7, 11) is -2.34.